The molecule has 0 spiro atoms. The van der Waals surface area contributed by atoms with Crippen LogP contribution in [0.5, 0.6) is 0 Å². The highest BCUT2D eigenvalue weighted by Crippen LogP contribution is 2.24. The maximum absolute atomic E-state index is 11.1. The van der Waals surface area contributed by atoms with Gasteiger partial charge in [0, 0.05) is 16.7 Å². The lowest BCUT2D eigenvalue weighted by Crippen LogP contribution is -2.13. The van der Waals surface area contributed by atoms with Gasteiger partial charge in [-0.3, -0.25) is 4.79 Å². The van der Waals surface area contributed by atoms with Crippen LogP contribution in [0.4, 0.5) is 0 Å². The van der Waals surface area contributed by atoms with E-state index in [4.69, 9.17) is 0 Å². The zero-order valence-electron chi connectivity index (χ0n) is 11.3. The van der Waals surface area contributed by atoms with E-state index in [-0.39, 0.29) is 5.41 Å². The maximum atomic E-state index is 11.1. The molecule has 0 aliphatic carbocycles. The van der Waals surface area contributed by atoms with E-state index in [9.17, 15) is 4.79 Å². The summed E-state index contributed by atoms with van der Waals surface area (Å²) >= 11 is 0. The fourth-order valence-corrected chi connectivity index (χ4v) is 1.86. The second-order valence-electron chi connectivity index (χ2n) is 5.51. The van der Waals surface area contributed by atoms with Gasteiger partial charge >= 0.3 is 0 Å². The number of rotatable bonds is 2. The molecule has 0 aliphatic heterocycles. The highest BCUT2D eigenvalue weighted by atomic mass is 16.1. The molecule has 18 heavy (non-hydrogen) atoms. The van der Waals surface area contributed by atoms with Crippen LogP contribution < -0.4 is 0 Å². The van der Waals surface area contributed by atoms with E-state index in [1.54, 1.807) is 6.07 Å². The van der Waals surface area contributed by atoms with E-state index in [1.807, 2.05) is 29.8 Å². The summed E-state index contributed by atoms with van der Waals surface area (Å²) in [6.07, 6.45) is 0.868. The van der Waals surface area contributed by atoms with E-state index in [1.165, 1.54) is 0 Å². The predicted octanol–water partition coefficient (Wildman–Crippen LogP) is 3.29. The second-order valence-corrected chi connectivity index (χ2v) is 5.51. The second kappa shape index (κ2) is 4.41. The van der Waals surface area contributed by atoms with Crippen molar-refractivity contribution in [3.05, 3.63) is 47.3 Å². The molecule has 1 aromatic carbocycles. The van der Waals surface area contributed by atoms with E-state index < -0.39 is 0 Å². The normalized spacial score (nSPS) is 11.6. The van der Waals surface area contributed by atoms with E-state index >= 15 is 0 Å². The molecule has 3 heteroatoms. The molecule has 2 aromatic rings. The van der Waals surface area contributed by atoms with Crippen molar-refractivity contribution in [2.75, 3.05) is 0 Å². The monoisotopic (exact) mass is 242 g/mol. The van der Waals surface area contributed by atoms with Gasteiger partial charge in [0.15, 0.2) is 6.29 Å². The minimum Gasteiger partial charge on any atom is -0.298 e. The summed E-state index contributed by atoms with van der Waals surface area (Å²) in [6.45, 7) is 8.39. The Balaban J connectivity index is 2.58. The topological polar surface area (TPSA) is 34.9 Å². The zero-order chi connectivity index (χ0) is 13.3. The molecule has 0 saturated carbocycles. The number of hydrogen-bond donors (Lipinski definition) is 0. The first-order valence-electron chi connectivity index (χ1n) is 6.05. The molecule has 0 aliphatic rings. The van der Waals surface area contributed by atoms with Gasteiger partial charge in [-0.25, -0.2) is 4.68 Å². The molecule has 0 fully saturated rings. The molecule has 0 saturated heterocycles. The lowest BCUT2D eigenvalue weighted by Gasteiger charge is -2.14. The molecule has 0 bridgehead atoms. The third-order valence-electron chi connectivity index (χ3n) is 2.95. The lowest BCUT2D eigenvalue weighted by atomic mass is 9.92. The number of nitrogens with zero attached hydrogens (tertiary/aromatic N) is 2. The summed E-state index contributed by atoms with van der Waals surface area (Å²) in [7, 11) is 0. The fourth-order valence-electron chi connectivity index (χ4n) is 1.86. The summed E-state index contributed by atoms with van der Waals surface area (Å²) in [5.41, 5.74) is 3.56. The third kappa shape index (κ3) is 2.21. The largest absolute Gasteiger partial charge is 0.298 e. The molecule has 0 N–H and O–H groups in total. The van der Waals surface area contributed by atoms with Gasteiger partial charge < -0.3 is 0 Å². The van der Waals surface area contributed by atoms with Crippen molar-refractivity contribution in [1.29, 1.82) is 0 Å². The van der Waals surface area contributed by atoms with Crippen molar-refractivity contribution in [2.24, 2.45) is 0 Å². The van der Waals surface area contributed by atoms with Gasteiger partial charge in [0.1, 0.15) is 0 Å². The SMILES string of the molecule is Cc1cc(C(C)(C)C)nn1-c1ccccc1C=O. The van der Waals surface area contributed by atoms with Crippen LogP contribution in [0.3, 0.4) is 0 Å². The Kier molecular flexibility index (Phi) is 3.07. The molecule has 0 amide bonds. The van der Waals surface area contributed by atoms with E-state index in [0.717, 1.165) is 23.4 Å². The number of benzene rings is 1. The number of aromatic nitrogens is 2. The van der Waals surface area contributed by atoms with Crippen LogP contribution in [0.25, 0.3) is 5.69 Å². The van der Waals surface area contributed by atoms with Crippen molar-refractivity contribution in [1.82, 2.24) is 9.78 Å². The summed E-state index contributed by atoms with van der Waals surface area (Å²) in [4.78, 5) is 11.1. The van der Waals surface area contributed by atoms with Gasteiger partial charge in [0.25, 0.3) is 0 Å². The van der Waals surface area contributed by atoms with Crippen LogP contribution in [0.15, 0.2) is 30.3 Å². The van der Waals surface area contributed by atoms with Crippen LogP contribution in [0.2, 0.25) is 0 Å². The van der Waals surface area contributed by atoms with Crippen LogP contribution in [0.1, 0.15) is 42.5 Å². The lowest BCUT2D eigenvalue weighted by molar-refractivity contribution is 0.112. The first-order chi connectivity index (χ1) is 8.43. The Morgan fingerprint density at radius 2 is 1.89 bits per heavy atom. The highest BCUT2D eigenvalue weighted by molar-refractivity contribution is 5.80. The summed E-state index contributed by atoms with van der Waals surface area (Å²) in [5, 5.41) is 4.62. The Labute approximate surface area is 107 Å². The average molecular weight is 242 g/mol. The number of aldehydes is 1. The predicted molar refractivity (Wildman–Crippen MR) is 72.4 cm³/mol. The number of hydrogen-bond acceptors (Lipinski definition) is 2. The van der Waals surface area contributed by atoms with Crippen molar-refractivity contribution < 1.29 is 4.79 Å². The Bertz CT molecular complexity index is 576. The zero-order valence-corrected chi connectivity index (χ0v) is 11.3. The summed E-state index contributed by atoms with van der Waals surface area (Å²) < 4.78 is 1.84. The minimum absolute atomic E-state index is 0.00608. The first-order valence-corrected chi connectivity index (χ1v) is 6.05. The molecule has 94 valence electrons. The van der Waals surface area contributed by atoms with Crippen molar-refractivity contribution >= 4 is 6.29 Å². The molecule has 3 nitrogen and oxygen atoms in total. The maximum Gasteiger partial charge on any atom is 0.152 e. The summed E-state index contributed by atoms with van der Waals surface area (Å²) in [5.74, 6) is 0. The smallest absolute Gasteiger partial charge is 0.152 e. The molecule has 1 aromatic heterocycles. The first kappa shape index (κ1) is 12.6. The molecule has 0 atom stereocenters. The van der Waals surface area contributed by atoms with Gasteiger partial charge in [-0.1, -0.05) is 32.9 Å². The number of carbonyl (C=O) groups excluding carboxylic acids is 1. The van der Waals surface area contributed by atoms with E-state index in [0.29, 0.717) is 5.56 Å². The quantitative estimate of drug-likeness (QED) is 0.757. The summed E-state index contributed by atoms with van der Waals surface area (Å²) in [6, 6.07) is 9.56. The molecule has 1 heterocycles. The highest BCUT2D eigenvalue weighted by Gasteiger charge is 2.19. The van der Waals surface area contributed by atoms with Crippen LogP contribution in [0, 0.1) is 6.92 Å². The van der Waals surface area contributed by atoms with Gasteiger partial charge in [-0.2, -0.15) is 5.10 Å². The molecular weight excluding hydrogens is 224 g/mol. The van der Waals surface area contributed by atoms with Crippen molar-refractivity contribution in [3.8, 4) is 5.69 Å². The number of para-hydroxylation sites is 1. The Morgan fingerprint density at radius 3 is 2.44 bits per heavy atom. The molecular formula is C15H18N2O. The van der Waals surface area contributed by atoms with Crippen LogP contribution in [-0.4, -0.2) is 16.1 Å². The average Bonchev–Trinajstić information content (AvgIpc) is 2.71. The Morgan fingerprint density at radius 1 is 1.22 bits per heavy atom. The fraction of sp³-hybridized carbons (Fsp3) is 0.333. The minimum atomic E-state index is 0.00608. The molecule has 0 radical (unpaired) electrons. The third-order valence-corrected chi connectivity index (χ3v) is 2.95. The molecule has 2 rings (SSSR count). The molecule has 0 unspecified atom stereocenters. The Hall–Kier alpha value is -1.90. The van der Waals surface area contributed by atoms with Gasteiger partial charge in [-0.05, 0) is 25.1 Å². The van der Waals surface area contributed by atoms with Crippen molar-refractivity contribution in [3.63, 3.8) is 0 Å². The van der Waals surface area contributed by atoms with Gasteiger partial charge in [-0.15, -0.1) is 0 Å². The number of aryl methyl sites for hydroxylation is 1. The van der Waals surface area contributed by atoms with Crippen LogP contribution in [-0.2, 0) is 5.41 Å². The van der Waals surface area contributed by atoms with Gasteiger partial charge in [0.2, 0.25) is 0 Å². The standard InChI is InChI=1S/C15H18N2O/c1-11-9-14(15(2,3)4)16-17(11)13-8-6-5-7-12(13)10-18/h5-10H,1-4H3. The van der Waals surface area contributed by atoms with Crippen molar-refractivity contribution in [2.45, 2.75) is 33.1 Å². The number of carbonyl (C=O) groups is 1. The van der Waals surface area contributed by atoms with Crippen LogP contribution >= 0.6 is 0 Å². The van der Waals surface area contributed by atoms with E-state index in [2.05, 4.69) is 31.9 Å². The van der Waals surface area contributed by atoms with Gasteiger partial charge in [0.05, 0.1) is 11.4 Å².